The lowest BCUT2D eigenvalue weighted by atomic mass is 10.0. The SMILES string of the molecule is O=C(CCN1CCOCC1)Nc1cccc(CNC(=O)C2CC(c3cccc(Cl)c3)NN2)c1. The first kappa shape index (κ1) is 23.7. The Morgan fingerprint density at radius 3 is 2.73 bits per heavy atom. The van der Waals surface area contributed by atoms with Crippen molar-refractivity contribution in [1.29, 1.82) is 0 Å². The standard InChI is InChI=1S/C24H30ClN5O3/c25-19-5-2-4-18(14-19)21-15-22(29-28-21)24(32)26-16-17-3-1-6-20(13-17)27-23(31)7-8-30-9-11-33-12-10-30/h1-6,13-14,21-22,28-29H,7-12,15-16H2,(H,26,32)(H,27,31). The molecule has 2 aliphatic heterocycles. The highest BCUT2D eigenvalue weighted by molar-refractivity contribution is 6.30. The number of rotatable bonds is 8. The Balaban J connectivity index is 1.22. The van der Waals surface area contributed by atoms with Crippen LogP contribution in [0.25, 0.3) is 0 Å². The molecular formula is C24H30ClN5O3. The van der Waals surface area contributed by atoms with Crippen LogP contribution in [0.4, 0.5) is 5.69 Å². The molecule has 8 nitrogen and oxygen atoms in total. The van der Waals surface area contributed by atoms with Gasteiger partial charge in [0.25, 0.3) is 0 Å². The molecule has 33 heavy (non-hydrogen) atoms. The Morgan fingerprint density at radius 2 is 1.91 bits per heavy atom. The zero-order valence-electron chi connectivity index (χ0n) is 18.5. The molecule has 2 saturated heterocycles. The molecule has 0 radical (unpaired) electrons. The van der Waals surface area contributed by atoms with E-state index in [1.54, 1.807) is 0 Å². The topological polar surface area (TPSA) is 94.7 Å². The summed E-state index contributed by atoms with van der Waals surface area (Å²) in [7, 11) is 0. The number of halogens is 1. The number of anilines is 1. The summed E-state index contributed by atoms with van der Waals surface area (Å²) in [6, 6.07) is 14.9. The number of hydrogen-bond donors (Lipinski definition) is 4. The van der Waals surface area contributed by atoms with Crippen LogP contribution in [0.3, 0.4) is 0 Å². The van der Waals surface area contributed by atoms with Crippen molar-refractivity contribution >= 4 is 29.1 Å². The van der Waals surface area contributed by atoms with Crippen molar-refractivity contribution in [2.24, 2.45) is 0 Å². The number of benzene rings is 2. The summed E-state index contributed by atoms with van der Waals surface area (Å²) in [5, 5.41) is 6.60. The van der Waals surface area contributed by atoms with E-state index < -0.39 is 0 Å². The number of nitrogens with one attached hydrogen (secondary N) is 4. The maximum Gasteiger partial charge on any atom is 0.238 e. The van der Waals surface area contributed by atoms with Crippen LogP contribution in [0.5, 0.6) is 0 Å². The van der Waals surface area contributed by atoms with Crippen LogP contribution in [0.15, 0.2) is 48.5 Å². The molecule has 2 atom stereocenters. The van der Waals surface area contributed by atoms with E-state index in [0.717, 1.165) is 49.7 Å². The maximum absolute atomic E-state index is 12.6. The first-order valence-electron chi connectivity index (χ1n) is 11.3. The molecule has 2 aromatic carbocycles. The van der Waals surface area contributed by atoms with Gasteiger partial charge < -0.3 is 15.4 Å². The summed E-state index contributed by atoms with van der Waals surface area (Å²) in [5.74, 6) is -0.0945. The largest absolute Gasteiger partial charge is 0.379 e. The third-order valence-corrected chi connectivity index (χ3v) is 6.14. The fraction of sp³-hybridized carbons (Fsp3) is 0.417. The van der Waals surface area contributed by atoms with Gasteiger partial charge in [0.15, 0.2) is 0 Å². The molecule has 2 fully saturated rings. The van der Waals surface area contributed by atoms with Crippen LogP contribution in [-0.4, -0.2) is 55.6 Å². The smallest absolute Gasteiger partial charge is 0.238 e. The zero-order valence-corrected chi connectivity index (χ0v) is 19.2. The van der Waals surface area contributed by atoms with Crippen molar-refractivity contribution in [1.82, 2.24) is 21.1 Å². The van der Waals surface area contributed by atoms with Crippen LogP contribution in [0, 0.1) is 0 Å². The van der Waals surface area contributed by atoms with Crippen molar-refractivity contribution in [3.8, 4) is 0 Å². The van der Waals surface area contributed by atoms with Gasteiger partial charge in [0.05, 0.1) is 13.2 Å². The summed E-state index contributed by atoms with van der Waals surface area (Å²) >= 11 is 6.08. The van der Waals surface area contributed by atoms with Gasteiger partial charge in [-0.3, -0.25) is 14.5 Å². The molecule has 4 N–H and O–H groups in total. The third kappa shape index (κ3) is 6.99. The predicted molar refractivity (Wildman–Crippen MR) is 128 cm³/mol. The number of carbonyl (C=O) groups excluding carboxylic acids is 2. The summed E-state index contributed by atoms with van der Waals surface area (Å²) in [5.41, 5.74) is 8.93. The normalized spacial score (nSPS) is 21.0. The van der Waals surface area contributed by atoms with Gasteiger partial charge in [0.2, 0.25) is 11.8 Å². The predicted octanol–water partition coefficient (Wildman–Crippen LogP) is 2.22. The molecule has 9 heteroatoms. The molecule has 2 amide bonds. The van der Waals surface area contributed by atoms with Crippen molar-refractivity contribution in [2.75, 3.05) is 38.2 Å². The minimum atomic E-state index is -0.336. The number of hydrogen-bond acceptors (Lipinski definition) is 6. The minimum absolute atomic E-state index is 0.0176. The Bertz CT molecular complexity index is 967. The average molecular weight is 472 g/mol. The van der Waals surface area contributed by atoms with E-state index in [-0.39, 0.29) is 23.9 Å². The molecule has 2 heterocycles. The Hall–Kier alpha value is -2.49. The monoisotopic (exact) mass is 471 g/mol. The van der Waals surface area contributed by atoms with E-state index in [1.807, 2.05) is 48.5 Å². The lowest BCUT2D eigenvalue weighted by Gasteiger charge is -2.26. The van der Waals surface area contributed by atoms with E-state index in [4.69, 9.17) is 16.3 Å². The molecule has 2 unspecified atom stereocenters. The van der Waals surface area contributed by atoms with E-state index in [1.165, 1.54) is 0 Å². The van der Waals surface area contributed by atoms with E-state index >= 15 is 0 Å². The van der Waals surface area contributed by atoms with Gasteiger partial charge in [0, 0.05) is 49.4 Å². The Kier molecular flexibility index (Phi) is 8.30. The molecule has 0 saturated carbocycles. The van der Waals surface area contributed by atoms with Gasteiger partial charge in [-0.2, -0.15) is 0 Å². The number of hydrazine groups is 1. The molecule has 0 bridgehead atoms. The fourth-order valence-electron chi connectivity index (χ4n) is 4.05. The van der Waals surface area contributed by atoms with Crippen molar-refractivity contribution in [3.05, 3.63) is 64.7 Å². The molecule has 176 valence electrons. The highest BCUT2D eigenvalue weighted by atomic mass is 35.5. The highest BCUT2D eigenvalue weighted by Crippen LogP contribution is 2.24. The van der Waals surface area contributed by atoms with Crippen LogP contribution in [-0.2, 0) is 20.9 Å². The van der Waals surface area contributed by atoms with Gasteiger partial charge in [-0.1, -0.05) is 35.9 Å². The van der Waals surface area contributed by atoms with Crippen molar-refractivity contribution in [3.63, 3.8) is 0 Å². The minimum Gasteiger partial charge on any atom is -0.379 e. The summed E-state index contributed by atoms with van der Waals surface area (Å²) < 4.78 is 5.33. The first-order chi connectivity index (χ1) is 16.1. The molecule has 0 spiro atoms. The number of ether oxygens (including phenoxy) is 1. The van der Waals surface area contributed by atoms with Gasteiger partial charge in [0.1, 0.15) is 6.04 Å². The molecule has 2 aliphatic rings. The molecule has 4 rings (SSSR count). The Labute approximate surface area is 199 Å². The number of carbonyl (C=O) groups is 2. The van der Waals surface area contributed by atoms with Crippen LogP contribution < -0.4 is 21.5 Å². The molecule has 0 aromatic heterocycles. The second-order valence-electron chi connectivity index (χ2n) is 8.35. The molecule has 0 aliphatic carbocycles. The molecular weight excluding hydrogens is 442 g/mol. The van der Waals surface area contributed by atoms with E-state index in [0.29, 0.717) is 24.4 Å². The third-order valence-electron chi connectivity index (χ3n) is 5.91. The Morgan fingerprint density at radius 1 is 1.09 bits per heavy atom. The number of nitrogens with zero attached hydrogens (tertiary/aromatic N) is 1. The first-order valence-corrected chi connectivity index (χ1v) is 11.7. The van der Waals surface area contributed by atoms with Gasteiger partial charge in [-0.05, 0) is 41.8 Å². The lowest BCUT2D eigenvalue weighted by Crippen LogP contribution is -2.42. The average Bonchev–Trinajstić information content (AvgIpc) is 3.33. The van der Waals surface area contributed by atoms with Crippen LogP contribution in [0.2, 0.25) is 5.02 Å². The second-order valence-corrected chi connectivity index (χ2v) is 8.79. The number of amides is 2. The van der Waals surface area contributed by atoms with E-state index in [9.17, 15) is 9.59 Å². The van der Waals surface area contributed by atoms with Crippen molar-refractivity contribution in [2.45, 2.75) is 31.5 Å². The maximum atomic E-state index is 12.6. The lowest BCUT2D eigenvalue weighted by molar-refractivity contribution is -0.123. The second kappa shape index (κ2) is 11.6. The summed E-state index contributed by atoms with van der Waals surface area (Å²) in [6.07, 6.45) is 1.07. The quantitative estimate of drug-likeness (QED) is 0.471. The molecule has 2 aromatic rings. The van der Waals surface area contributed by atoms with Gasteiger partial charge >= 0.3 is 0 Å². The van der Waals surface area contributed by atoms with Gasteiger partial charge in [-0.15, -0.1) is 0 Å². The highest BCUT2D eigenvalue weighted by Gasteiger charge is 2.30. The summed E-state index contributed by atoms with van der Waals surface area (Å²) in [6.45, 7) is 4.30. The van der Waals surface area contributed by atoms with Crippen LogP contribution >= 0.6 is 11.6 Å². The van der Waals surface area contributed by atoms with Crippen molar-refractivity contribution < 1.29 is 14.3 Å². The summed E-state index contributed by atoms with van der Waals surface area (Å²) in [4.78, 5) is 27.2. The van der Waals surface area contributed by atoms with Gasteiger partial charge in [-0.25, -0.2) is 10.9 Å². The van der Waals surface area contributed by atoms with Crippen LogP contribution in [0.1, 0.15) is 30.0 Å². The van der Waals surface area contributed by atoms with E-state index in [2.05, 4.69) is 26.4 Å². The number of morpholine rings is 1. The zero-order chi connectivity index (χ0) is 23.0. The fourth-order valence-corrected chi connectivity index (χ4v) is 4.25.